The van der Waals surface area contributed by atoms with Gasteiger partial charge >= 0.3 is 0 Å². The van der Waals surface area contributed by atoms with E-state index in [4.69, 9.17) is 22.1 Å². The Labute approximate surface area is 133 Å². The maximum Gasteiger partial charge on any atom is 0.153 e. The predicted octanol–water partition coefficient (Wildman–Crippen LogP) is 5.16. The Balaban J connectivity index is 2.08. The Morgan fingerprint density at radius 3 is 2.76 bits per heavy atom. The lowest BCUT2D eigenvalue weighted by molar-refractivity contribution is 0.481. The quantitative estimate of drug-likeness (QED) is 0.636. The van der Waals surface area contributed by atoms with Gasteiger partial charge in [-0.15, -0.1) is 0 Å². The van der Waals surface area contributed by atoms with Gasteiger partial charge in [-0.3, -0.25) is 4.98 Å². The Morgan fingerprint density at radius 1 is 1.19 bits per heavy atom. The lowest BCUT2D eigenvalue weighted by Gasteiger charge is -2.10. The van der Waals surface area contributed by atoms with E-state index >= 15 is 0 Å². The highest BCUT2D eigenvalue weighted by atomic mass is 79.9. The van der Waals surface area contributed by atoms with E-state index in [0.29, 0.717) is 22.7 Å². The van der Waals surface area contributed by atoms with Crippen LogP contribution >= 0.6 is 27.5 Å². The van der Waals surface area contributed by atoms with Gasteiger partial charge in [0, 0.05) is 27.8 Å². The van der Waals surface area contributed by atoms with E-state index < -0.39 is 5.82 Å². The third-order valence-electron chi connectivity index (χ3n) is 2.93. The largest absolute Gasteiger partial charge is 0.455 e. The van der Waals surface area contributed by atoms with E-state index in [1.165, 1.54) is 12.1 Å². The van der Waals surface area contributed by atoms with Crippen molar-refractivity contribution >= 4 is 44.1 Å². The van der Waals surface area contributed by atoms with Crippen LogP contribution < -0.4 is 10.5 Å². The molecule has 0 fully saturated rings. The minimum Gasteiger partial charge on any atom is -0.455 e. The number of benzene rings is 2. The first kappa shape index (κ1) is 14.1. The number of pyridine rings is 1. The molecule has 0 atom stereocenters. The van der Waals surface area contributed by atoms with Gasteiger partial charge < -0.3 is 10.5 Å². The molecule has 3 rings (SSSR count). The molecule has 0 spiro atoms. The number of halogens is 3. The van der Waals surface area contributed by atoms with Gasteiger partial charge in [-0.2, -0.15) is 0 Å². The summed E-state index contributed by atoms with van der Waals surface area (Å²) >= 11 is 9.00. The highest BCUT2D eigenvalue weighted by Gasteiger charge is 2.10. The van der Waals surface area contributed by atoms with Gasteiger partial charge in [0.15, 0.2) is 5.75 Å². The first-order valence-corrected chi connectivity index (χ1v) is 7.18. The zero-order valence-corrected chi connectivity index (χ0v) is 13.0. The van der Waals surface area contributed by atoms with Crippen LogP contribution in [0.15, 0.2) is 47.1 Å². The van der Waals surface area contributed by atoms with Crippen LogP contribution in [0.4, 0.5) is 10.1 Å². The average Bonchev–Trinajstić information content (AvgIpc) is 2.46. The summed E-state index contributed by atoms with van der Waals surface area (Å²) in [6.07, 6.45) is 1.65. The van der Waals surface area contributed by atoms with Crippen LogP contribution in [0.1, 0.15) is 0 Å². The van der Waals surface area contributed by atoms with Gasteiger partial charge in [0.1, 0.15) is 17.1 Å². The third kappa shape index (κ3) is 2.80. The van der Waals surface area contributed by atoms with Crippen molar-refractivity contribution in [2.75, 3.05) is 5.73 Å². The Morgan fingerprint density at radius 2 is 2.00 bits per heavy atom. The second kappa shape index (κ2) is 5.50. The van der Waals surface area contributed by atoms with Crippen molar-refractivity contribution in [2.24, 2.45) is 0 Å². The molecule has 2 aromatic carbocycles. The molecule has 0 aliphatic rings. The van der Waals surface area contributed by atoms with Gasteiger partial charge in [0.2, 0.25) is 0 Å². The molecule has 106 valence electrons. The molecular formula is C15H9BrClFN2O. The number of nitrogens with zero attached hydrogens (tertiary/aromatic N) is 1. The maximum atomic E-state index is 13.5. The van der Waals surface area contributed by atoms with Crippen molar-refractivity contribution < 1.29 is 9.13 Å². The van der Waals surface area contributed by atoms with E-state index in [1.54, 1.807) is 24.4 Å². The number of hydrogen-bond donors (Lipinski definition) is 1. The summed E-state index contributed by atoms with van der Waals surface area (Å²) in [6.45, 7) is 0. The van der Waals surface area contributed by atoms with E-state index in [-0.39, 0.29) is 5.02 Å². The Hall–Kier alpha value is -1.85. The average molecular weight is 368 g/mol. The molecule has 0 aliphatic heterocycles. The highest BCUT2D eigenvalue weighted by molar-refractivity contribution is 9.10. The smallest absolute Gasteiger partial charge is 0.153 e. The fourth-order valence-corrected chi connectivity index (χ4v) is 2.39. The van der Waals surface area contributed by atoms with Crippen LogP contribution in [0.3, 0.4) is 0 Å². The molecule has 3 aromatic rings. The van der Waals surface area contributed by atoms with Crippen LogP contribution in [0.25, 0.3) is 10.9 Å². The molecule has 0 aliphatic carbocycles. The molecule has 0 unspecified atom stereocenters. The monoisotopic (exact) mass is 366 g/mol. The standard InChI is InChI=1S/C15H9BrClFN2O/c16-8-5-10-13(19)3-4-14(15(10)20-7-8)21-9-1-2-11(17)12(18)6-9/h1-7H,19H2. The number of anilines is 1. The molecule has 21 heavy (non-hydrogen) atoms. The molecule has 1 heterocycles. The van der Waals surface area contributed by atoms with Gasteiger partial charge in [-0.05, 0) is 46.3 Å². The number of fused-ring (bicyclic) bond motifs is 1. The molecule has 2 N–H and O–H groups in total. The minimum atomic E-state index is -0.537. The lowest BCUT2D eigenvalue weighted by Crippen LogP contribution is -1.93. The number of aromatic nitrogens is 1. The van der Waals surface area contributed by atoms with Crippen molar-refractivity contribution in [1.82, 2.24) is 4.98 Å². The molecule has 1 aromatic heterocycles. The van der Waals surface area contributed by atoms with Crippen molar-refractivity contribution in [3.8, 4) is 11.5 Å². The van der Waals surface area contributed by atoms with Crippen LogP contribution in [0.2, 0.25) is 5.02 Å². The van der Waals surface area contributed by atoms with Crippen LogP contribution in [-0.2, 0) is 0 Å². The molecule has 6 heteroatoms. The number of nitrogens with two attached hydrogens (primary N) is 1. The van der Waals surface area contributed by atoms with Crippen LogP contribution in [-0.4, -0.2) is 4.98 Å². The fourth-order valence-electron chi connectivity index (χ4n) is 1.94. The molecular weight excluding hydrogens is 359 g/mol. The van der Waals surface area contributed by atoms with Crippen molar-refractivity contribution in [3.05, 3.63) is 57.9 Å². The van der Waals surface area contributed by atoms with E-state index in [1.807, 2.05) is 6.07 Å². The van der Waals surface area contributed by atoms with E-state index in [0.717, 1.165) is 9.86 Å². The molecule has 0 amide bonds. The summed E-state index contributed by atoms with van der Waals surface area (Å²) in [5, 5.41) is 0.808. The first-order chi connectivity index (χ1) is 10.0. The number of ether oxygens (including phenoxy) is 1. The zero-order valence-electron chi connectivity index (χ0n) is 10.6. The topological polar surface area (TPSA) is 48.1 Å². The second-order valence-corrected chi connectivity index (χ2v) is 5.70. The van der Waals surface area contributed by atoms with Gasteiger partial charge in [0.25, 0.3) is 0 Å². The second-order valence-electron chi connectivity index (χ2n) is 4.38. The normalized spacial score (nSPS) is 10.8. The zero-order chi connectivity index (χ0) is 15.0. The number of rotatable bonds is 2. The predicted molar refractivity (Wildman–Crippen MR) is 85.3 cm³/mol. The third-order valence-corrected chi connectivity index (χ3v) is 3.67. The Bertz CT molecular complexity index is 841. The Kier molecular flexibility index (Phi) is 3.69. The molecule has 0 radical (unpaired) electrons. The van der Waals surface area contributed by atoms with Crippen molar-refractivity contribution in [2.45, 2.75) is 0 Å². The van der Waals surface area contributed by atoms with E-state index in [9.17, 15) is 4.39 Å². The van der Waals surface area contributed by atoms with Gasteiger partial charge in [-0.25, -0.2) is 4.39 Å². The summed E-state index contributed by atoms with van der Waals surface area (Å²) < 4.78 is 20.0. The van der Waals surface area contributed by atoms with Gasteiger partial charge in [-0.1, -0.05) is 11.6 Å². The van der Waals surface area contributed by atoms with Crippen molar-refractivity contribution in [3.63, 3.8) is 0 Å². The molecule has 0 bridgehead atoms. The highest BCUT2D eigenvalue weighted by Crippen LogP contribution is 2.33. The summed E-state index contributed by atoms with van der Waals surface area (Å²) in [7, 11) is 0. The number of hydrogen-bond acceptors (Lipinski definition) is 3. The van der Waals surface area contributed by atoms with Crippen LogP contribution in [0.5, 0.6) is 11.5 Å². The maximum absolute atomic E-state index is 13.5. The van der Waals surface area contributed by atoms with Crippen LogP contribution in [0, 0.1) is 5.82 Å². The summed E-state index contributed by atoms with van der Waals surface area (Å²) in [4.78, 5) is 4.31. The molecule has 0 saturated carbocycles. The number of nitrogen functional groups attached to an aromatic ring is 1. The first-order valence-electron chi connectivity index (χ1n) is 6.01. The summed E-state index contributed by atoms with van der Waals surface area (Å²) in [5.41, 5.74) is 7.13. The summed E-state index contributed by atoms with van der Waals surface area (Å²) in [5.74, 6) is 0.297. The fraction of sp³-hybridized carbons (Fsp3) is 0. The molecule has 0 saturated heterocycles. The minimum absolute atomic E-state index is 0.0477. The van der Waals surface area contributed by atoms with Gasteiger partial charge in [0.05, 0.1) is 5.02 Å². The van der Waals surface area contributed by atoms with E-state index in [2.05, 4.69) is 20.9 Å². The summed E-state index contributed by atoms with van der Waals surface area (Å²) in [6, 6.07) is 9.53. The van der Waals surface area contributed by atoms with Crippen molar-refractivity contribution in [1.29, 1.82) is 0 Å². The molecule has 3 nitrogen and oxygen atoms in total. The lowest BCUT2D eigenvalue weighted by atomic mass is 10.1. The SMILES string of the molecule is Nc1ccc(Oc2ccc(Cl)c(F)c2)c2ncc(Br)cc12.